The van der Waals surface area contributed by atoms with Gasteiger partial charge in [0, 0.05) is 23.5 Å². The maximum atomic E-state index is 13.6. The fraction of sp³-hybridized carbons (Fsp3) is 0.286. The number of nitrogens with zero attached hydrogens (tertiary/aromatic N) is 1. The summed E-state index contributed by atoms with van der Waals surface area (Å²) < 4.78 is 0.921. The number of aromatic hydroxyl groups is 1. The van der Waals surface area contributed by atoms with Gasteiger partial charge >= 0.3 is 0 Å². The number of benzene rings is 3. The quantitative estimate of drug-likeness (QED) is 0.397. The number of rotatable bonds is 9. The molecular formula is C28H29BrN2O3. The average molecular weight is 521 g/mol. The molecule has 2 N–H and O–H groups in total. The lowest BCUT2D eigenvalue weighted by Gasteiger charge is -2.32. The van der Waals surface area contributed by atoms with Crippen molar-refractivity contribution < 1.29 is 14.7 Å². The average Bonchev–Trinajstić information content (AvgIpc) is 3.57. The van der Waals surface area contributed by atoms with Crippen molar-refractivity contribution in [3.8, 4) is 5.75 Å². The molecule has 0 spiro atoms. The van der Waals surface area contributed by atoms with Gasteiger partial charge in [-0.2, -0.15) is 0 Å². The zero-order valence-electron chi connectivity index (χ0n) is 19.2. The van der Waals surface area contributed by atoms with Gasteiger partial charge in [-0.15, -0.1) is 0 Å². The van der Waals surface area contributed by atoms with Gasteiger partial charge in [0.1, 0.15) is 11.8 Å². The van der Waals surface area contributed by atoms with Gasteiger partial charge in [0.15, 0.2) is 0 Å². The molecule has 3 aromatic rings. The highest BCUT2D eigenvalue weighted by Gasteiger charge is 2.46. The van der Waals surface area contributed by atoms with E-state index in [4.69, 9.17) is 0 Å². The fourth-order valence-electron chi connectivity index (χ4n) is 4.22. The monoisotopic (exact) mass is 520 g/mol. The molecule has 2 amide bonds. The normalized spacial score (nSPS) is 17.6. The van der Waals surface area contributed by atoms with Gasteiger partial charge < -0.3 is 15.3 Å². The van der Waals surface area contributed by atoms with Crippen molar-refractivity contribution in [2.75, 3.05) is 0 Å². The van der Waals surface area contributed by atoms with Gasteiger partial charge in [0.2, 0.25) is 11.8 Å². The van der Waals surface area contributed by atoms with Crippen molar-refractivity contribution in [3.63, 3.8) is 0 Å². The number of carbonyl (C=O) groups excluding carboxylic acids is 2. The van der Waals surface area contributed by atoms with E-state index in [0.717, 1.165) is 27.6 Å². The molecule has 0 aliphatic heterocycles. The van der Waals surface area contributed by atoms with E-state index in [0.29, 0.717) is 25.3 Å². The maximum Gasteiger partial charge on any atom is 0.247 e. The highest BCUT2D eigenvalue weighted by Crippen LogP contribution is 2.41. The minimum absolute atomic E-state index is 0.0368. The number of hydrogen-bond donors (Lipinski definition) is 2. The highest BCUT2D eigenvalue weighted by atomic mass is 79.9. The van der Waals surface area contributed by atoms with Crippen molar-refractivity contribution in [2.45, 2.75) is 44.8 Å². The second kappa shape index (κ2) is 10.9. The minimum Gasteiger partial charge on any atom is -0.508 e. The molecule has 0 saturated heterocycles. The summed E-state index contributed by atoms with van der Waals surface area (Å²) in [6.07, 6.45) is 1.74. The van der Waals surface area contributed by atoms with E-state index in [2.05, 4.69) is 28.2 Å². The van der Waals surface area contributed by atoms with E-state index in [1.165, 1.54) is 0 Å². The number of carbonyl (C=O) groups is 2. The smallest absolute Gasteiger partial charge is 0.247 e. The van der Waals surface area contributed by atoms with Gasteiger partial charge in [0.05, 0.1) is 0 Å². The van der Waals surface area contributed by atoms with Crippen LogP contribution in [-0.2, 0) is 22.6 Å². The first-order valence-corrected chi connectivity index (χ1v) is 12.4. The molecule has 3 aromatic carbocycles. The van der Waals surface area contributed by atoms with Crippen molar-refractivity contribution >= 4 is 27.7 Å². The molecule has 34 heavy (non-hydrogen) atoms. The lowest BCUT2D eigenvalue weighted by molar-refractivity contribution is -0.141. The molecule has 3 atom stereocenters. The van der Waals surface area contributed by atoms with E-state index in [-0.39, 0.29) is 23.6 Å². The third-order valence-electron chi connectivity index (χ3n) is 6.30. The summed E-state index contributed by atoms with van der Waals surface area (Å²) >= 11 is 3.47. The van der Waals surface area contributed by atoms with Crippen LogP contribution in [0, 0.1) is 5.92 Å². The Hall–Kier alpha value is -3.12. The third-order valence-corrected chi connectivity index (χ3v) is 6.83. The Kier molecular flexibility index (Phi) is 7.68. The first-order chi connectivity index (χ1) is 16.4. The first kappa shape index (κ1) is 24.0. The summed E-state index contributed by atoms with van der Waals surface area (Å²) in [4.78, 5) is 28.9. The predicted molar refractivity (Wildman–Crippen MR) is 136 cm³/mol. The third kappa shape index (κ3) is 6.06. The Morgan fingerprint density at radius 3 is 2.26 bits per heavy atom. The summed E-state index contributed by atoms with van der Waals surface area (Å²) in [6.45, 7) is 2.52. The van der Waals surface area contributed by atoms with Crippen LogP contribution in [0.2, 0.25) is 0 Å². The van der Waals surface area contributed by atoms with Crippen LogP contribution in [0.5, 0.6) is 5.75 Å². The van der Waals surface area contributed by atoms with Gasteiger partial charge in [-0.1, -0.05) is 77.5 Å². The zero-order valence-corrected chi connectivity index (χ0v) is 20.7. The Morgan fingerprint density at radius 1 is 1.00 bits per heavy atom. The Balaban J connectivity index is 1.57. The topological polar surface area (TPSA) is 69.6 Å². The molecule has 0 bridgehead atoms. The maximum absolute atomic E-state index is 13.6. The van der Waals surface area contributed by atoms with Crippen LogP contribution in [0.25, 0.3) is 0 Å². The molecule has 176 valence electrons. The SMILES string of the molecule is C[C@@H]1CC1N(C(=O)CCc1ccc(O)cc1)C(C(=O)NCc1ccccc1)c1ccc(Br)cc1. The Bertz CT molecular complexity index is 1120. The van der Waals surface area contributed by atoms with Crippen LogP contribution in [0.1, 0.15) is 42.5 Å². The summed E-state index contributed by atoms with van der Waals surface area (Å²) in [5.74, 6) is 0.347. The molecule has 2 unspecified atom stereocenters. The van der Waals surface area contributed by atoms with E-state index in [1.54, 1.807) is 17.0 Å². The van der Waals surface area contributed by atoms with Crippen LogP contribution in [0.4, 0.5) is 0 Å². The van der Waals surface area contributed by atoms with Crippen LogP contribution in [0.15, 0.2) is 83.3 Å². The van der Waals surface area contributed by atoms with Crippen molar-refractivity contribution in [1.82, 2.24) is 10.2 Å². The van der Waals surface area contributed by atoms with Crippen LogP contribution >= 0.6 is 15.9 Å². The van der Waals surface area contributed by atoms with Crippen molar-refractivity contribution in [2.24, 2.45) is 5.92 Å². The number of hydrogen-bond acceptors (Lipinski definition) is 3. The van der Waals surface area contributed by atoms with Crippen molar-refractivity contribution in [1.29, 1.82) is 0 Å². The number of phenolic OH excluding ortho intramolecular Hbond substituents is 1. The van der Waals surface area contributed by atoms with E-state index < -0.39 is 6.04 Å². The van der Waals surface area contributed by atoms with E-state index >= 15 is 0 Å². The molecule has 6 heteroatoms. The molecule has 1 aliphatic rings. The van der Waals surface area contributed by atoms with E-state index in [1.807, 2.05) is 66.7 Å². The molecule has 0 heterocycles. The number of phenols is 1. The molecule has 0 radical (unpaired) electrons. The largest absolute Gasteiger partial charge is 0.508 e. The van der Waals surface area contributed by atoms with Crippen LogP contribution < -0.4 is 5.32 Å². The molecule has 1 saturated carbocycles. The number of nitrogens with one attached hydrogen (secondary N) is 1. The summed E-state index contributed by atoms with van der Waals surface area (Å²) in [6, 6.07) is 23.6. The summed E-state index contributed by atoms with van der Waals surface area (Å²) in [5.41, 5.74) is 2.78. The Morgan fingerprint density at radius 2 is 1.65 bits per heavy atom. The highest BCUT2D eigenvalue weighted by molar-refractivity contribution is 9.10. The molecule has 5 nitrogen and oxygen atoms in total. The van der Waals surface area contributed by atoms with Gasteiger partial charge in [-0.25, -0.2) is 0 Å². The lowest BCUT2D eigenvalue weighted by Crippen LogP contribution is -2.45. The van der Waals surface area contributed by atoms with Crippen LogP contribution in [0.3, 0.4) is 0 Å². The second-order valence-corrected chi connectivity index (χ2v) is 9.82. The van der Waals surface area contributed by atoms with Gasteiger partial charge in [0.25, 0.3) is 0 Å². The predicted octanol–water partition coefficient (Wildman–Crippen LogP) is 5.38. The number of amides is 2. The first-order valence-electron chi connectivity index (χ1n) is 11.6. The fourth-order valence-corrected chi connectivity index (χ4v) is 4.48. The van der Waals surface area contributed by atoms with E-state index in [9.17, 15) is 14.7 Å². The number of halogens is 1. The molecule has 0 aromatic heterocycles. The van der Waals surface area contributed by atoms with Gasteiger partial charge in [-0.3, -0.25) is 9.59 Å². The summed E-state index contributed by atoms with van der Waals surface area (Å²) in [7, 11) is 0. The molecule has 4 rings (SSSR count). The van der Waals surface area contributed by atoms with Crippen molar-refractivity contribution in [3.05, 3.63) is 100 Å². The molecule has 1 fully saturated rings. The lowest BCUT2D eigenvalue weighted by atomic mass is 10.0. The minimum atomic E-state index is -0.695. The second-order valence-electron chi connectivity index (χ2n) is 8.91. The standard InChI is InChI=1S/C28H29BrN2O3/c1-19-17-25(19)31(26(33)16-9-20-7-14-24(32)15-8-20)27(22-10-12-23(29)13-11-22)28(34)30-18-21-5-3-2-4-6-21/h2-8,10-15,19,25,27,32H,9,16-18H2,1H3,(H,30,34)/t19-,25?,27?/m1/s1. The zero-order chi connectivity index (χ0) is 24.1. The van der Waals surface area contributed by atoms with Crippen LogP contribution in [-0.4, -0.2) is 27.9 Å². The Labute approximate surface area is 208 Å². The summed E-state index contributed by atoms with van der Waals surface area (Å²) in [5, 5.41) is 12.6. The van der Waals surface area contributed by atoms with Gasteiger partial charge in [-0.05, 0) is 59.7 Å². The number of aryl methyl sites for hydroxylation is 1. The molecular weight excluding hydrogens is 492 g/mol. The molecule has 1 aliphatic carbocycles.